The van der Waals surface area contributed by atoms with Gasteiger partial charge in [-0.25, -0.2) is 4.79 Å². The average molecular weight is 397 g/mol. The molecule has 1 amide bonds. The fraction of sp³-hybridized carbons (Fsp3) is 0.381. The van der Waals surface area contributed by atoms with E-state index < -0.39 is 5.97 Å². The molecule has 0 unspecified atom stereocenters. The summed E-state index contributed by atoms with van der Waals surface area (Å²) in [6, 6.07) is 9.04. The summed E-state index contributed by atoms with van der Waals surface area (Å²) in [6.07, 6.45) is 3.23. The van der Waals surface area contributed by atoms with Gasteiger partial charge in [-0.15, -0.1) is 0 Å². The summed E-state index contributed by atoms with van der Waals surface area (Å²) in [7, 11) is 1.31. The number of ether oxygens (including phenoxy) is 3. The number of amides is 1. The summed E-state index contributed by atoms with van der Waals surface area (Å²) in [6.45, 7) is 2.37. The van der Waals surface area contributed by atoms with Crippen LogP contribution in [0.15, 0.2) is 36.5 Å². The minimum Gasteiger partial charge on any atom is -0.486 e. The van der Waals surface area contributed by atoms with Crippen LogP contribution in [0.5, 0.6) is 11.5 Å². The molecule has 0 aliphatic carbocycles. The Bertz CT molecular complexity index is 900. The lowest BCUT2D eigenvalue weighted by atomic mass is 10.0. The van der Waals surface area contributed by atoms with E-state index in [2.05, 4.69) is 15.0 Å². The van der Waals surface area contributed by atoms with Gasteiger partial charge < -0.3 is 24.4 Å². The van der Waals surface area contributed by atoms with Crippen LogP contribution in [0.2, 0.25) is 0 Å². The fourth-order valence-corrected chi connectivity index (χ4v) is 3.57. The number of nitrogens with zero attached hydrogens (tertiary/aromatic N) is 2. The first-order valence-corrected chi connectivity index (χ1v) is 9.64. The maximum absolute atomic E-state index is 12.8. The molecule has 1 saturated heterocycles. The van der Waals surface area contributed by atoms with Crippen LogP contribution < -0.4 is 14.8 Å². The molecule has 1 aromatic heterocycles. The molecule has 1 aromatic carbocycles. The van der Waals surface area contributed by atoms with Crippen molar-refractivity contribution in [3.05, 3.63) is 47.8 Å². The molecule has 0 radical (unpaired) electrons. The van der Waals surface area contributed by atoms with Crippen molar-refractivity contribution < 1.29 is 23.8 Å². The number of nitrogens with one attached hydrogen (secondary N) is 1. The van der Waals surface area contributed by atoms with E-state index in [-0.39, 0.29) is 11.9 Å². The van der Waals surface area contributed by atoms with Crippen LogP contribution in [-0.4, -0.2) is 61.2 Å². The number of esters is 1. The Morgan fingerprint density at radius 2 is 2.00 bits per heavy atom. The highest BCUT2D eigenvalue weighted by molar-refractivity contribution is 5.94. The summed E-state index contributed by atoms with van der Waals surface area (Å²) >= 11 is 0. The van der Waals surface area contributed by atoms with Gasteiger partial charge in [0.1, 0.15) is 18.9 Å². The van der Waals surface area contributed by atoms with Gasteiger partial charge in [0.05, 0.1) is 12.7 Å². The Hall–Kier alpha value is -3.29. The third kappa shape index (κ3) is 4.26. The van der Waals surface area contributed by atoms with Gasteiger partial charge in [-0.05, 0) is 37.1 Å². The van der Waals surface area contributed by atoms with E-state index in [1.54, 1.807) is 17.0 Å². The predicted molar refractivity (Wildman–Crippen MR) is 106 cm³/mol. The van der Waals surface area contributed by atoms with Crippen LogP contribution in [0, 0.1) is 0 Å². The molecule has 2 aliphatic heterocycles. The number of piperidine rings is 1. The zero-order valence-corrected chi connectivity index (χ0v) is 16.2. The molecule has 1 atom stereocenters. The highest BCUT2D eigenvalue weighted by Crippen LogP contribution is 2.33. The van der Waals surface area contributed by atoms with E-state index in [0.29, 0.717) is 37.6 Å². The van der Waals surface area contributed by atoms with Crippen molar-refractivity contribution in [2.75, 3.05) is 38.7 Å². The number of methoxy groups -OCH3 is 1. The molecule has 2 aromatic rings. The van der Waals surface area contributed by atoms with Gasteiger partial charge in [-0.2, -0.15) is 0 Å². The first-order valence-electron chi connectivity index (χ1n) is 9.64. The maximum atomic E-state index is 12.8. The number of anilines is 1. The third-order valence-corrected chi connectivity index (χ3v) is 5.03. The van der Waals surface area contributed by atoms with Gasteiger partial charge in [-0.1, -0.05) is 0 Å². The van der Waals surface area contributed by atoms with Crippen molar-refractivity contribution in [1.29, 1.82) is 0 Å². The monoisotopic (exact) mass is 397 g/mol. The number of rotatable bonds is 4. The first-order chi connectivity index (χ1) is 14.1. The Morgan fingerprint density at radius 3 is 2.76 bits per heavy atom. The largest absolute Gasteiger partial charge is 0.486 e. The number of benzene rings is 1. The number of pyridine rings is 1. The normalized spacial score (nSPS) is 18.1. The van der Waals surface area contributed by atoms with E-state index >= 15 is 0 Å². The molecule has 8 heteroatoms. The maximum Gasteiger partial charge on any atom is 0.339 e. The van der Waals surface area contributed by atoms with Gasteiger partial charge in [0.2, 0.25) is 0 Å². The van der Waals surface area contributed by atoms with Crippen LogP contribution in [0.25, 0.3) is 0 Å². The topological polar surface area (TPSA) is 90.0 Å². The number of aromatic nitrogens is 1. The highest BCUT2D eigenvalue weighted by atomic mass is 16.6. The number of hydrogen-bond donors (Lipinski definition) is 1. The molecule has 8 nitrogen and oxygen atoms in total. The van der Waals surface area contributed by atoms with Crippen LogP contribution >= 0.6 is 0 Å². The second kappa shape index (κ2) is 8.38. The van der Waals surface area contributed by atoms with Crippen molar-refractivity contribution in [3.63, 3.8) is 0 Å². The number of fused-ring (bicyclic) bond motifs is 1. The predicted octanol–water partition coefficient (Wildman–Crippen LogP) is 2.36. The molecule has 152 valence electrons. The second-order valence-corrected chi connectivity index (χ2v) is 7.02. The fourth-order valence-electron chi connectivity index (χ4n) is 3.57. The number of carbonyl (C=O) groups is 2. The lowest BCUT2D eigenvalue weighted by molar-refractivity contribution is 0.0598. The number of hydrogen-bond acceptors (Lipinski definition) is 7. The Kier molecular flexibility index (Phi) is 5.50. The van der Waals surface area contributed by atoms with Crippen molar-refractivity contribution in [2.45, 2.75) is 18.9 Å². The minimum atomic E-state index is -0.474. The van der Waals surface area contributed by atoms with Crippen molar-refractivity contribution >= 4 is 17.6 Å². The quantitative estimate of drug-likeness (QED) is 0.792. The van der Waals surface area contributed by atoms with Gasteiger partial charge in [-0.3, -0.25) is 9.78 Å². The summed E-state index contributed by atoms with van der Waals surface area (Å²) in [5, 5.41) is 3.49. The molecule has 29 heavy (non-hydrogen) atoms. The van der Waals surface area contributed by atoms with Gasteiger partial charge in [0.15, 0.2) is 11.5 Å². The molecular formula is C21H23N3O5. The van der Waals surface area contributed by atoms with Crippen molar-refractivity contribution in [3.8, 4) is 11.5 Å². The summed E-state index contributed by atoms with van der Waals surface area (Å²) in [4.78, 5) is 30.3. The van der Waals surface area contributed by atoms with Crippen LogP contribution in [-0.2, 0) is 4.74 Å². The number of carbonyl (C=O) groups excluding carboxylic acids is 2. The summed E-state index contributed by atoms with van der Waals surface area (Å²) in [5.41, 5.74) is 1.58. The lowest BCUT2D eigenvalue weighted by Gasteiger charge is -2.33. The van der Waals surface area contributed by atoms with Gasteiger partial charge in [0, 0.05) is 37.1 Å². The van der Waals surface area contributed by atoms with Crippen LogP contribution in [0.4, 0.5) is 5.69 Å². The zero-order valence-electron chi connectivity index (χ0n) is 16.2. The lowest BCUT2D eigenvalue weighted by Crippen LogP contribution is -2.45. The second-order valence-electron chi connectivity index (χ2n) is 7.02. The summed E-state index contributed by atoms with van der Waals surface area (Å²) < 4.78 is 15.8. The minimum absolute atomic E-state index is 0.129. The molecule has 0 bridgehead atoms. The Labute approximate surface area is 168 Å². The standard InChI is InChI=1S/C21H23N3O5/c1-27-21(26)14-4-6-17(22-12-14)20(25)24-8-2-3-16(13-24)23-15-5-7-18-19(11-15)29-10-9-28-18/h4-7,11-12,16,23H,2-3,8-10,13H2,1H3/t16-/m1/s1. The molecule has 1 fully saturated rings. The molecule has 3 heterocycles. The van der Waals surface area contributed by atoms with Crippen LogP contribution in [0.3, 0.4) is 0 Å². The summed E-state index contributed by atoms with van der Waals surface area (Å²) in [5.74, 6) is 0.872. The SMILES string of the molecule is COC(=O)c1ccc(C(=O)N2CCC[C@@H](Nc3ccc4c(c3)OCCO4)C2)nc1. The molecule has 0 saturated carbocycles. The van der Waals surface area contributed by atoms with E-state index in [1.165, 1.54) is 13.3 Å². The van der Waals surface area contributed by atoms with E-state index in [4.69, 9.17) is 9.47 Å². The highest BCUT2D eigenvalue weighted by Gasteiger charge is 2.26. The molecule has 1 N–H and O–H groups in total. The van der Waals surface area contributed by atoms with E-state index in [9.17, 15) is 9.59 Å². The average Bonchev–Trinajstić information content (AvgIpc) is 2.78. The first kappa shape index (κ1) is 19.0. The smallest absolute Gasteiger partial charge is 0.339 e. The van der Waals surface area contributed by atoms with E-state index in [1.807, 2.05) is 18.2 Å². The van der Waals surface area contributed by atoms with Gasteiger partial charge >= 0.3 is 5.97 Å². The number of likely N-dealkylation sites (tertiary alicyclic amines) is 1. The third-order valence-electron chi connectivity index (χ3n) is 5.03. The molecular weight excluding hydrogens is 374 g/mol. The van der Waals surface area contributed by atoms with Crippen molar-refractivity contribution in [1.82, 2.24) is 9.88 Å². The molecule has 0 spiro atoms. The zero-order chi connectivity index (χ0) is 20.2. The van der Waals surface area contributed by atoms with Crippen molar-refractivity contribution in [2.24, 2.45) is 0 Å². The Morgan fingerprint density at radius 1 is 1.17 bits per heavy atom. The Balaban J connectivity index is 1.40. The molecule has 2 aliphatic rings. The van der Waals surface area contributed by atoms with E-state index in [0.717, 1.165) is 30.0 Å². The van der Waals surface area contributed by atoms with Gasteiger partial charge in [0.25, 0.3) is 5.91 Å². The van der Waals surface area contributed by atoms with Crippen LogP contribution in [0.1, 0.15) is 33.7 Å². The molecule has 4 rings (SSSR count).